The summed E-state index contributed by atoms with van der Waals surface area (Å²) in [5, 5.41) is 9.36. The summed E-state index contributed by atoms with van der Waals surface area (Å²) in [6, 6.07) is 7.25. The van der Waals surface area contributed by atoms with Crippen LogP contribution in [0.5, 0.6) is 0 Å². The van der Waals surface area contributed by atoms with Crippen molar-refractivity contribution in [2.24, 2.45) is 0 Å². The molecule has 5 heteroatoms. The number of aromatic amines is 1. The number of benzene rings is 1. The molecule has 0 aliphatic carbocycles. The third kappa shape index (κ3) is 2.65. The number of imidazole rings is 1. The molecule has 0 atom stereocenters. The van der Waals surface area contributed by atoms with E-state index in [9.17, 15) is 4.79 Å². The number of hydrogen-bond donors (Lipinski definition) is 2. The van der Waals surface area contributed by atoms with Crippen molar-refractivity contribution in [1.82, 2.24) is 9.97 Å². The fourth-order valence-electron chi connectivity index (χ4n) is 1.58. The molecule has 0 aliphatic heterocycles. The van der Waals surface area contributed by atoms with E-state index in [1.165, 1.54) is 0 Å². The molecule has 0 radical (unpaired) electrons. The molecule has 1 aromatic heterocycles. The number of carbonyl (C=O) groups is 1. The zero-order valence-electron chi connectivity index (χ0n) is 9.20. The van der Waals surface area contributed by atoms with Crippen LogP contribution in [0.4, 0.5) is 0 Å². The number of nitrogens with one attached hydrogen (secondary N) is 1. The van der Waals surface area contributed by atoms with Crippen LogP contribution in [-0.4, -0.2) is 21.0 Å². The van der Waals surface area contributed by atoms with Crippen LogP contribution >= 0.6 is 11.6 Å². The summed E-state index contributed by atoms with van der Waals surface area (Å²) in [6.45, 7) is 1.80. The van der Waals surface area contributed by atoms with Crippen molar-refractivity contribution < 1.29 is 9.90 Å². The van der Waals surface area contributed by atoms with Crippen LogP contribution in [0.25, 0.3) is 11.4 Å². The second kappa shape index (κ2) is 4.59. The largest absolute Gasteiger partial charge is 0.481 e. The molecule has 0 unspecified atom stereocenters. The lowest BCUT2D eigenvalue weighted by molar-refractivity contribution is -0.136. The van der Waals surface area contributed by atoms with E-state index >= 15 is 0 Å². The molecule has 88 valence electrons. The summed E-state index contributed by atoms with van der Waals surface area (Å²) in [5.41, 5.74) is 2.16. The Morgan fingerprint density at radius 2 is 2.29 bits per heavy atom. The van der Waals surface area contributed by atoms with Crippen LogP contribution in [0.15, 0.2) is 24.3 Å². The Hall–Kier alpha value is -1.81. The van der Waals surface area contributed by atoms with E-state index < -0.39 is 5.97 Å². The van der Waals surface area contributed by atoms with Gasteiger partial charge in [-0.1, -0.05) is 23.7 Å². The van der Waals surface area contributed by atoms with Crippen molar-refractivity contribution in [3.8, 4) is 11.4 Å². The van der Waals surface area contributed by atoms with Gasteiger partial charge < -0.3 is 10.1 Å². The van der Waals surface area contributed by atoms with E-state index in [1.807, 2.05) is 12.1 Å². The van der Waals surface area contributed by atoms with Gasteiger partial charge in [0.05, 0.1) is 12.1 Å². The lowest BCUT2D eigenvalue weighted by atomic mass is 10.2. The van der Waals surface area contributed by atoms with E-state index in [1.54, 1.807) is 19.1 Å². The minimum absolute atomic E-state index is 0.0805. The van der Waals surface area contributed by atoms with Gasteiger partial charge in [-0.15, -0.1) is 0 Å². The summed E-state index contributed by atoms with van der Waals surface area (Å²) in [7, 11) is 0. The van der Waals surface area contributed by atoms with Gasteiger partial charge in [0, 0.05) is 16.3 Å². The molecule has 2 N–H and O–H groups in total. The number of aliphatic carboxylic acids is 1. The van der Waals surface area contributed by atoms with Crippen LogP contribution in [0.1, 0.15) is 11.4 Å². The molecule has 1 aromatic carbocycles. The Kier molecular flexibility index (Phi) is 3.15. The van der Waals surface area contributed by atoms with E-state index in [2.05, 4.69) is 9.97 Å². The molecule has 0 amide bonds. The maximum atomic E-state index is 10.6. The molecular formula is C12H11ClN2O2. The summed E-state index contributed by atoms with van der Waals surface area (Å²) >= 11 is 5.89. The van der Waals surface area contributed by atoms with Gasteiger partial charge in [-0.2, -0.15) is 0 Å². The van der Waals surface area contributed by atoms with E-state index in [0.717, 1.165) is 11.3 Å². The highest BCUT2D eigenvalue weighted by atomic mass is 35.5. The van der Waals surface area contributed by atoms with Crippen LogP contribution < -0.4 is 0 Å². The number of carboxylic acids is 1. The summed E-state index contributed by atoms with van der Waals surface area (Å²) in [4.78, 5) is 18.0. The topological polar surface area (TPSA) is 66.0 Å². The van der Waals surface area contributed by atoms with Crippen molar-refractivity contribution >= 4 is 17.6 Å². The number of rotatable bonds is 3. The average molecular weight is 251 g/mol. The standard InChI is InChI=1S/C12H11ClN2O2/c1-7-10(6-11(16)17)15-12(14-7)8-3-2-4-9(13)5-8/h2-5H,6H2,1H3,(H,14,15)(H,16,17). The number of halogens is 1. The van der Waals surface area contributed by atoms with Gasteiger partial charge in [0.25, 0.3) is 0 Å². The first-order chi connectivity index (χ1) is 8.06. The highest BCUT2D eigenvalue weighted by Gasteiger charge is 2.11. The van der Waals surface area contributed by atoms with Gasteiger partial charge in [0.1, 0.15) is 5.82 Å². The van der Waals surface area contributed by atoms with Crippen molar-refractivity contribution in [3.05, 3.63) is 40.7 Å². The molecule has 0 fully saturated rings. The Bertz CT molecular complexity index is 563. The molecule has 2 rings (SSSR count). The van der Waals surface area contributed by atoms with Gasteiger partial charge in [-0.25, -0.2) is 4.98 Å². The highest BCUT2D eigenvalue weighted by Crippen LogP contribution is 2.21. The molecular weight excluding hydrogens is 240 g/mol. The fraction of sp³-hybridized carbons (Fsp3) is 0.167. The highest BCUT2D eigenvalue weighted by molar-refractivity contribution is 6.30. The molecule has 1 heterocycles. The molecule has 4 nitrogen and oxygen atoms in total. The van der Waals surface area contributed by atoms with Crippen LogP contribution in [-0.2, 0) is 11.2 Å². The van der Waals surface area contributed by atoms with Gasteiger partial charge in [0.2, 0.25) is 0 Å². The predicted octanol–water partition coefficient (Wildman–Crippen LogP) is 2.67. The number of nitrogens with zero attached hydrogens (tertiary/aromatic N) is 1. The molecule has 0 bridgehead atoms. The molecule has 0 saturated carbocycles. The number of hydrogen-bond acceptors (Lipinski definition) is 2. The van der Waals surface area contributed by atoms with Crippen LogP contribution in [0.3, 0.4) is 0 Å². The zero-order valence-corrected chi connectivity index (χ0v) is 9.95. The number of carboxylic acid groups (broad SMARTS) is 1. The summed E-state index contributed by atoms with van der Waals surface area (Å²) in [5.74, 6) is -0.251. The SMILES string of the molecule is Cc1[nH]c(-c2cccc(Cl)c2)nc1CC(=O)O. The lowest BCUT2D eigenvalue weighted by Gasteiger charge is -1.96. The van der Waals surface area contributed by atoms with Crippen LogP contribution in [0.2, 0.25) is 5.02 Å². The normalized spacial score (nSPS) is 10.5. The number of H-pyrrole nitrogens is 1. The van der Waals surface area contributed by atoms with Crippen molar-refractivity contribution in [1.29, 1.82) is 0 Å². The molecule has 0 saturated heterocycles. The quantitative estimate of drug-likeness (QED) is 0.880. The minimum atomic E-state index is -0.891. The minimum Gasteiger partial charge on any atom is -0.481 e. The third-order valence-electron chi connectivity index (χ3n) is 2.40. The Morgan fingerprint density at radius 1 is 1.53 bits per heavy atom. The van der Waals surface area contributed by atoms with E-state index in [-0.39, 0.29) is 6.42 Å². The third-order valence-corrected chi connectivity index (χ3v) is 2.64. The fourth-order valence-corrected chi connectivity index (χ4v) is 1.77. The molecule has 0 aliphatic rings. The molecule has 0 spiro atoms. The maximum absolute atomic E-state index is 10.6. The first kappa shape index (κ1) is 11.7. The maximum Gasteiger partial charge on any atom is 0.309 e. The van der Waals surface area contributed by atoms with Gasteiger partial charge in [-0.3, -0.25) is 4.79 Å². The monoisotopic (exact) mass is 250 g/mol. The Morgan fingerprint density at radius 3 is 2.94 bits per heavy atom. The Balaban J connectivity index is 2.37. The first-order valence-electron chi connectivity index (χ1n) is 5.09. The zero-order chi connectivity index (χ0) is 12.4. The van der Waals surface area contributed by atoms with Gasteiger partial charge in [-0.05, 0) is 19.1 Å². The summed E-state index contributed by atoms with van der Waals surface area (Å²) < 4.78 is 0. The predicted molar refractivity (Wildman–Crippen MR) is 65.1 cm³/mol. The van der Waals surface area contributed by atoms with E-state index in [4.69, 9.17) is 16.7 Å². The van der Waals surface area contributed by atoms with E-state index in [0.29, 0.717) is 16.5 Å². The Labute approximate surface area is 103 Å². The molecule has 2 aromatic rings. The second-order valence-electron chi connectivity index (χ2n) is 3.74. The second-order valence-corrected chi connectivity index (χ2v) is 4.17. The first-order valence-corrected chi connectivity index (χ1v) is 5.47. The number of aromatic nitrogens is 2. The van der Waals surface area contributed by atoms with Gasteiger partial charge in [0.15, 0.2) is 0 Å². The van der Waals surface area contributed by atoms with Crippen molar-refractivity contribution in [2.75, 3.05) is 0 Å². The van der Waals surface area contributed by atoms with Crippen LogP contribution in [0, 0.1) is 6.92 Å². The average Bonchev–Trinajstić information content (AvgIpc) is 2.59. The smallest absolute Gasteiger partial charge is 0.309 e. The van der Waals surface area contributed by atoms with Crippen molar-refractivity contribution in [2.45, 2.75) is 13.3 Å². The lowest BCUT2D eigenvalue weighted by Crippen LogP contribution is -2.01. The number of aryl methyl sites for hydroxylation is 1. The van der Waals surface area contributed by atoms with Crippen molar-refractivity contribution in [3.63, 3.8) is 0 Å². The molecule has 17 heavy (non-hydrogen) atoms. The van der Waals surface area contributed by atoms with Gasteiger partial charge >= 0.3 is 5.97 Å². The summed E-state index contributed by atoms with van der Waals surface area (Å²) in [6.07, 6.45) is -0.0805.